The van der Waals surface area contributed by atoms with Gasteiger partial charge in [-0.15, -0.1) is 0 Å². The molecule has 0 radical (unpaired) electrons. The number of nitrogens with two attached hydrogens (primary N) is 1. The number of amides is 1. The van der Waals surface area contributed by atoms with Gasteiger partial charge < -0.3 is 16.4 Å². The van der Waals surface area contributed by atoms with Crippen LogP contribution >= 0.6 is 0 Å². The van der Waals surface area contributed by atoms with Gasteiger partial charge in [-0.2, -0.15) is 0 Å². The highest BCUT2D eigenvalue weighted by molar-refractivity contribution is 5.97. The van der Waals surface area contributed by atoms with E-state index in [1.54, 1.807) is 20.2 Å². The van der Waals surface area contributed by atoms with Crippen LogP contribution in [-0.2, 0) is 4.79 Å². The highest BCUT2D eigenvalue weighted by Crippen LogP contribution is 2.27. The normalized spacial score (nSPS) is 12.1. The number of aromatic nitrogens is 1. The van der Waals surface area contributed by atoms with Gasteiger partial charge in [-0.25, -0.2) is 0 Å². The van der Waals surface area contributed by atoms with E-state index in [-0.39, 0.29) is 11.9 Å². The molecule has 1 amide bonds. The summed E-state index contributed by atoms with van der Waals surface area (Å²) < 4.78 is 0. The number of anilines is 2. The number of rotatable bonds is 3. The maximum Gasteiger partial charge on any atom is 0.241 e. The lowest BCUT2D eigenvalue weighted by Gasteiger charge is -2.16. The van der Waals surface area contributed by atoms with Crippen LogP contribution in [0.2, 0.25) is 0 Å². The Balaban J connectivity index is 2.35. The summed E-state index contributed by atoms with van der Waals surface area (Å²) in [6.45, 7) is 1.78. The Morgan fingerprint density at radius 3 is 2.89 bits per heavy atom. The van der Waals surface area contributed by atoms with Crippen molar-refractivity contribution in [1.82, 2.24) is 10.3 Å². The van der Waals surface area contributed by atoms with Crippen LogP contribution in [0.25, 0.3) is 10.9 Å². The van der Waals surface area contributed by atoms with Gasteiger partial charge in [-0.1, -0.05) is 0 Å². The first-order valence-electron chi connectivity index (χ1n) is 5.75. The number of benzene rings is 1. The molecular weight excluding hydrogens is 228 g/mol. The van der Waals surface area contributed by atoms with Crippen molar-refractivity contribution in [3.8, 4) is 0 Å². The SMILES string of the molecule is CNC(=O)C(C)Nc1ccc2ncccc2c1N. The van der Waals surface area contributed by atoms with Gasteiger partial charge in [0.15, 0.2) is 0 Å². The Morgan fingerprint density at radius 2 is 2.17 bits per heavy atom. The molecule has 0 saturated carbocycles. The molecule has 94 valence electrons. The van der Waals surface area contributed by atoms with E-state index >= 15 is 0 Å². The van der Waals surface area contributed by atoms with Crippen LogP contribution in [0.4, 0.5) is 11.4 Å². The van der Waals surface area contributed by atoms with E-state index in [1.165, 1.54) is 0 Å². The predicted octanol–water partition coefficient (Wildman–Crippen LogP) is 1.36. The fourth-order valence-electron chi connectivity index (χ4n) is 1.82. The first-order valence-corrected chi connectivity index (χ1v) is 5.75. The van der Waals surface area contributed by atoms with E-state index in [1.807, 2.05) is 24.3 Å². The van der Waals surface area contributed by atoms with Crippen LogP contribution < -0.4 is 16.4 Å². The second-order valence-electron chi connectivity index (χ2n) is 4.08. The molecule has 0 spiro atoms. The van der Waals surface area contributed by atoms with Gasteiger partial charge in [-0.3, -0.25) is 9.78 Å². The van der Waals surface area contributed by atoms with Gasteiger partial charge in [0.2, 0.25) is 5.91 Å². The molecule has 5 nitrogen and oxygen atoms in total. The van der Waals surface area contributed by atoms with Crippen molar-refractivity contribution in [2.45, 2.75) is 13.0 Å². The number of fused-ring (bicyclic) bond motifs is 1. The first-order chi connectivity index (χ1) is 8.63. The molecule has 1 unspecified atom stereocenters. The summed E-state index contributed by atoms with van der Waals surface area (Å²) in [4.78, 5) is 15.7. The molecular formula is C13H16N4O. The van der Waals surface area contributed by atoms with E-state index in [4.69, 9.17) is 5.73 Å². The van der Waals surface area contributed by atoms with Gasteiger partial charge in [-0.05, 0) is 31.2 Å². The number of nitrogens with one attached hydrogen (secondary N) is 2. The quantitative estimate of drug-likeness (QED) is 0.712. The lowest BCUT2D eigenvalue weighted by Crippen LogP contribution is -2.35. The maximum atomic E-state index is 11.5. The largest absolute Gasteiger partial charge is 0.397 e. The zero-order valence-electron chi connectivity index (χ0n) is 10.4. The number of nitrogen functional groups attached to an aromatic ring is 1. The highest BCUT2D eigenvalue weighted by atomic mass is 16.2. The Kier molecular flexibility index (Phi) is 3.32. The number of carbonyl (C=O) groups is 1. The molecule has 0 aliphatic carbocycles. The molecule has 0 saturated heterocycles. The number of nitrogens with zero attached hydrogens (tertiary/aromatic N) is 1. The Labute approximate surface area is 105 Å². The van der Waals surface area contributed by atoms with Gasteiger partial charge >= 0.3 is 0 Å². The van der Waals surface area contributed by atoms with Crippen molar-refractivity contribution in [1.29, 1.82) is 0 Å². The van der Waals surface area contributed by atoms with E-state index in [0.29, 0.717) is 5.69 Å². The van der Waals surface area contributed by atoms with Crippen LogP contribution in [0.3, 0.4) is 0 Å². The molecule has 0 aliphatic rings. The van der Waals surface area contributed by atoms with Crippen LogP contribution in [0, 0.1) is 0 Å². The van der Waals surface area contributed by atoms with Crippen molar-refractivity contribution >= 4 is 28.2 Å². The summed E-state index contributed by atoms with van der Waals surface area (Å²) in [6.07, 6.45) is 1.72. The van der Waals surface area contributed by atoms with E-state index in [2.05, 4.69) is 15.6 Å². The standard InChI is InChI=1S/C13H16N4O/c1-8(13(18)15-2)17-11-6-5-10-9(12(11)14)4-3-7-16-10/h3-8,17H,14H2,1-2H3,(H,15,18). The average Bonchev–Trinajstić information content (AvgIpc) is 2.41. The number of carbonyl (C=O) groups excluding carboxylic acids is 1. The molecule has 4 N–H and O–H groups in total. The molecule has 1 aromatic carbocycles. The smallest absolute Gasteiger partial charge is 0.241 e. The van der Waals surface area contributed by atoms with Crippen molar-refractivity contribution in [2.24, 2.45) is 0 Å². The summed E-state index contributed by atoms with van der Waals surface area (Å²) in [6, 6.07) is 7.12. The second-order valence-corrected chi connectivity index (χ2v) is 4.08. The third-order valence-corrected chi connectivity index (χ3v) is 2.84. The monoisotopic (exact) mass is 244 g/mol. The van der Waals surface area contributed by atoms with Crippen LogP contribution in [0.5, 0.6) is 0 Å². The van der Waals surface area contributed by atoms with Crippen LogP contribution in [-0.4, -0.2) is 24.0 Å². The number of hydrogen-bond acceptors (Lipinski definition) is 4. The summed E-state index contributed by atoms with van der Waals surface area (Å²) in [5, 5.41) is 6.56. The summed E-state index contributed by atoms with van der Waals surface area (Å²) in [7, 11) is 1.61. The summed E-state index contributed by atoms with van der Waals surface area (Å²) in [5.41, 5.74) is 8.27. The molecule has 1 heterocycles. The minimum Gasteiger partial charge on any atom is -0.397 e. The first kappa shape index (κ1) is 12.2. The van der Waals surface area contributed by atoms with E-state index < -0.39 is 0 Å². The summed E-state index contributed by atoms with van der Waals surface area (Å²) >= 11 is 0. The Hall–Kier alpha value is -2.30. The molecule has 0 aliphatic heterocycles. The van der Waals surface area contributed by atoms with Crippen molar-refractivity contribution in [3.05, 3.63) is 30.5 Å². The lowest BCUT2D eigenvalue weighted by molar-refractivity contribution is -0.121. The van der Waals surface area contributed by atoms with E-state index in [9.17, 15) is 4.79 Å². The maximum absolute atomic E-state index is 11.5. The lowest BCUT2D eigenvalue weighted by atomic mass is 10.1. The third-order valence-electron chi connectivity index (χ3n) is 2.84. The molecule has 0 fully saturated rings. The van der Waals surface area contributed by atoms with Gasteiger partial charge in [0.1, 0.15) is 6.04 Å². The Morgan fingerprint density at radius 1 is 1.39 bits per heavy atom. The number of pyridine rings is 1. The number of hydrogen-bond donors (Lipinski definition) is 3. The fourth-order valence-corrected chi connectivity index (χ4v) is 1.82. The van der Waals surface area contributed by atoms with Gasteiger partial charge in [0.05, 0.1) is 16.9 Å². The summed E-state index contributed by atoms with van der Waals surface area (Å²) in [5.74, 6) is -0.0827. The molecule has 2 aromatic rings. The van der Waals surface area contributed by atoms with Crippen molar-refractivity contribution in [2.75, 3.05) is 18.1 Å². The van der Waals surface area contributed by atoms with Crippen LogP contribution in [0.15, 0.2) is 30.5 Å². The molecule has 0 bridgehead atoms. The molecule has 1 aromatic heterocycles. The second kappa shape index (κ2) is 4.91. The topological polar surface area (TPSA) is 80.0 Å². The van der Waals surface area contributed by atoms with E-state index in [0.717, 1.165) is 16.6 Å². The molecule has 2 rings (SSSR count). The highest BCUT2D eigenvalue weighted by Gasteiger charge is 2.12. The average molecular weight is 244 g/mol. The van der Waals surface area contributed by atoms with Crippen LogP contribution in [0.1, 0.15) is 6.92 Å². The fraction of sp³-hybridized carbons (Fsp3) is 0.231. The Bertz CT molecular complexity index is 582. The zero-order valence-corrected chi connectivity index (χ0v) is 10.4. The van der Waals surface area contributed by atoms with Gasteiger partial charge in [0, 0.05) is 18.6 Å². The van der Waals surface area contributed by atoms with Gasteiger partial charge in [0.25, 0.3) is 0 Å². The predicted molar refractivity (Wildman–Crippen MR) is 73.3 cm³/mol. The molecule has 1 atom stereocenters. The minimum absolute atomic E-state index is 0.0827. The van der Waals surface area contributed by atoms with Crippen molar-refractivity contribution < 1.29 is 4.79 Å². The number of likely N-dealkylation sites (N-methyl/N-ethyl adjacent to an activating group) is 1. The third kappa shape index (κ3) is 2.20. The molecule has 5 heteroatoms. The molecule has 18 heavy (non-hydrogen) atoms. The van der Waals surface area contributed by atoms with Crippen molar-refractivity contribution in [3.63, 3.8) is 0 Å². The zero-order chi connectivity index (χ0) is 13.1. The minimum atomic E-state index is -0.341.